The van der Waals surface area contributed by atoms with Crippen LogP contribution in [-0.2, 0) is 17.2 Å². The molecule has 1 aromatic rings. The lowest BCUT2D eigenvalue weighted by Gasteiger charge is -2.12. The van der Waals surface area contributed by atoms with Gasteiger partial charge in [-0.15, -0.1) is 11.6 Å². The Labute approximate surface area is 93.6 Å². The zero-order valence-electron chi connectivity index (χ0n) is 8.49. The second-order valence-corrected chi connectivity index (χ2v) is 4.03. The third-order valence-corrected chi connectivity index (χ3v) is 2.96. The van der Waals surface area contributed by atoms with Crippen LogP contribution < -0.4 is 5.56 Å². The van der Waals surface area contributed by atoms with E-state index in [1.807, 2.05) is 6.07 Å². The molecule has 0 bridgehead atoms. The van der Waals surface area contributed by atoms with E-state index in [-0.39, 0.29) is 17.5 Å². The minimum atomic E-state index is 0.00278. The fourth-order valence-corrected chi connectivity index (χ4v) is 2.04. The molecule has 0 amide bonds. The van der Waals surface area contributed by atoms with Crippen molar-refractivity contribution in [2.75, 3.05) is 6.61 Å². The van der Waals surface area contributed by atoms with Crippen molar-refractivity contribution in [3.05, 3.63) is 34.2 Å². The topological polar surface area (TPSA) is 31.2 Å². The van der Waals surface area contributed by atoms with E-state index in [0.717, 1.165) is 19.4 Å². The molecule has 3 nitrogen and oxygen atoms in total. The highest BCUT2D eigenvalue weighted by Crippen LogP contribution is 2.13. The molecule has 0 aromatic carbocycles. The van der Waals surface area contributed by atoms with E-state index in [1.165, 1.54) is 0 Å². The molecule has 1 aliphatic heterocycles. The van der Waals surface area contributed by atoms with Crippen LogP contribution in [0.4, 0.5) is 0 Å². The van der Waals surface area contributed by atoms with Gasteiger partial charge in [-0.1, -0.05) is 6.07 Å². The summed E-state index contributed by atoms with van der Waals surface area (Å²) in [5, 5.41) is 0. The molecule has 1 fully saturated rings. The van der Waals surface area contributed by atoms with Crippen LogP contribution in [0.5, 0.6) is 0 Å². The van der Waals surface area contributed by atoms with Crippen LogP contribution in [-0.4, -0.2) is 17.3 Å². The normalized spacial score (nSPS) is 20.7. The first-order valence-electron chi connectivity index (χ1n) is 5.17. The number of rotatable bonds is 3. The second-order valence-electron chi connectivity index (χ2n) is 3.76. The van der Waals surface area contributed by atoms with Gasteiger partial charge in [-0.3, -0.25) is 4.79 Å². The van der Waals surface area contributed by atoms with E-state index in [0.29, 0.717) is 12.1 Å². The van der Waals surface area contributed by atoms with Crippen LogP contribution in [0.25, 0.3) is 0 Å². The van der Waals surface area contributed by atoms with Gasteiger partial charge in [-0.05, 0) is 18.9 Å². The lowest BCUT2D eigenvalue weighted by Crippen LogP contribution is -2.27. The van der Waals surface area contributed by atoms with Crippen molar-refractivity contribution < 1.29 is 4.74 Å². The Kier molecular flexibility index (Phi) is 3.44. The van der Waals surface area contributed by atoms with Crippen molar-refractivity contribution in [1.29, 1.82) is 0 Å². The highest BCUT2D eigenvalue weighted by molar-refractivity contribution is 6.17. The molecule has 4 heteroatoms. The molecule has 1 aromatic heterocycles. The number of hydrogen-bond donors (Lipinski definition) is 0. The Bertz CT molecular complexity index is 382. The number of hydrogen-bond acceptors (Lipinski definition) is 2. The molecule has 0 unspecified atom stereocenters. The van der Waals surface area contributed by atoms with Crippen LogP contribution in [0, 0.1) is 0 Å². The molecular formula is C11H14ClNO2. The van der Waals surface area contributed by atoms with Crippen LogP contribution in [0.2, 0.25) is 0 Å². The lowest BCUT2D eigenvalue weighted by atomic mass is 10.2. The van der Waals surface area contributed by atoms with Gasteiger partial charge < -0.3 is 9.30 Å². The first kappa shape index (κ1) is 10.7. The highest BCUT2D eigenvalue weighted by Gasteiger charge is 2.16. The first-order chi connectivity index (χ1) is 7.31. The fourth-order valence-electron chi connectivity index (χ4n) is 1.84. The third kappa shape index (κ3) is 2.41. The summed E-state index contributed by atoms with van der Waals surface area (Å²) in [5.74, 6) is 0.269. The second kappa shape index (κ2) is 4.81. The van der Waals surface area contributed by atoms with Crippen LogP contribution in [0.3, 0.4) is 0 Å². The molecule has 1 saturated heterocycles. The van der Waals surface area contributed by atoms with Crippen LogP contribution in [0.15, 0.2) is 23.1 Å². The van der Waals surface area contributed by atoms with Gasteiger partial charge in [0.1, 0.15) is 0 Å². The van der Waals surface area contributed by atoms with Crippen molar-refractivity contribution in [2.24, 2.45) is 0 Å². The fraction of sp³-hybridized carbons (Fsp3) is 0.545. The van der Waals surface area contributed by atoms with E-state index >= 15 is 0 Å². The van der Waals surface area contributed by atoms with Crippen molar-refractivity contribution in [1.82, 2.24) is 4.57 Å². The van der Waals surface area contributed by atoms with E-state index in [1.54, 1.807) is 16.8 Å². The molecule has 0 N–H and O–H groups in total. The summed E-state index contributed by atoms with van der Waals surface area (Å²) >= 11 is 5.68. The Balaban J connectivity index is 2.17. The molecule has 15 heavy (non-hydrogen) atoms. The zero-order valence-corrected chi connectivity index (χ0v) is 9.24. The summed E-state index contributed by atoms with van der Waals surface area (Å²) in [6.45, 7) is 1.46. The molecule has 0 radical (unpaired) electrons. The van der Waals surface area contributed by atoms with Crippen molar-refractivity contribution >= 4 is 11.6 Å². The maximum Gasteiger partial charge on any atom is 0.255 e. The summed E-state index contributed by atoms with van der Waals surface area (Å²) in [4.78, 5) is 11.8. The number of nitrogens with zero attached hydrogens (tertiary/aromatic N) is 1. The van der Waals surface area contributed by atoms with Gasteiger partial charge >= 0.3 is 0 Å². The van der Waals surface area contributed by atoms with Crippen molar-refractivity contribution in [3.63, 3.8) is 0 Å². The maximum absolute atomic E-state index is 11.8. The molecule has 1 atom stereocenters. The summed E-state index contributed by atoms with van der Waals surface area (Å²) < 4.78 is 7.18. The van der Waals surface area contributed by atoms with Gasteiger partial charge in [-0.25, -0.2) is 0 Å². The quantitative estimate of drug-likeness (QED) is 0.737. The number of alkyl halides is 1. The summed E-state index contributed by atoms with van der Waals surface area (Å²) in [6, 6.07) is 3.62. The minimum absolute atomic E-state index is 0.00278. The van der Waals surface area contributed by atoms with Crippen molar-refractivity contribution in [3.8, 4) is 0 Å². The largest absolute Gasteiger partial charge is 0.376 e. The van der Waals surface area contributed by atoms with Gasteiger partial charge in [0.15, 0.2) is 0 Å². The smallest absolute Gasteiger partial charge is 0.255 e. The maximum atomic E-state index is 11.8. The number of halogens is 1. The van der Waals surface area contributed by atoms with Gasteiger partial charge in [0.25, 0.3) is 5.56 Å². The average Bonchev–Trinajstić information content (AvgIpc) is 2.74. The van der Waals surface area contributed by atoms with Gasteiger partial charge in [0.2, 0.25) is 0 Å². The van der Waals surface area contributed by atoms with E-state index < -0.39 is 0 Å². The zero-order chi connectivity index (χ0) is 10.7. The number of pyridine rings is 1. The predicted octanol–water partition coefficient (Wildman–Crippen LogP) is 1.77. The Morgan fingerprint density at radius 2 is 2.47 bits per heavy atom. The van der Waals surface area contributed by atoms with E-state index in [9.17, 15) is 4.79 Å². The average molecular weight is 228 g/mol. The van der Waals surface area contributed by atoms with Crippen molar-refractivity contribution in [2.45, 2.75) is 31.4 Å². The lowest BCUT2D eigenvalue weighted by molar-refractivity contribution is 0.0961. The Morgan fingerprint density at radius 1 is 1.60 bits per heavy atom. The Morgan fingerprint density at radius 3 is 3.13 bits per heavy atom. The van der Waals surface area contributed by atoms with Crippen LogP contribution >= 0.6 is 11.6 Å². The standard InChI is InChI=1S/C11H14ClNO2/c12-7-9-3-1-5-13(11(9)14)8-10-4-2-6-15-10/h1,3,5,10H,2,4,6-8H2/t10-/m0/s1. The van der Waals surface area contributed by atoms with Gasteiger partial charge in [-0.2, -0.15) is 0 Å². The molecular weight excluding hydrogens is 214 g/mol. The SMILES string of the molecule is O=c1c(CCl)cccn1C[C@@H]1CCCO1. The Hall–Kier alpha value is -0.800. The van der Waals surface area contributed by atoms with E-state index in [4.69, 9.17) is 16.3 Å². The molecule has 82 valence electrons. The minimum Gasteiger partial charge on any atom is -0.376 e. The predicted molar refractivity (Wildman–Crippen MR) is 59.2 cm³/mol. The molecule has 0 saturated carbocycles. The molecule has 1 aliphatic rings. The number of ether oxygens (including phenoxy) is 1. The molecule has 2 heterocycles. The highest BCUT2D eigenvalue weighted by atomic mass is 35.5. The molecule has 0 aliphatic carbocycles. The monoisotopic (exact) mass is 227 g/mol. The number of aromatic nitrogens is 1. The molecule has 0 spiro atoms. The van der Waals surface area contributed by atoms with E-state index in [2.05, 4.69) is 0 Å². The molecule has 2 rings (SSSR count). The summed E-state index contributed by atoms with van der Waals surface area (Å²) in [5.41, 5.74) is 0.653. The first-order valence-corrected chi connectivity index (χ1v) is 5.70. The van der Waals surface area contributed by atoms with Crippen LogP contribution in [0.1, 0.15) is 18.4 Å². The summed E-state index contributed by atoms with van der Waals surface area (Å²) in [6.07, 6.45) is 4.11. The summed E-state index contributed by atoms with van der Waals surface area (Å²) in [7, 11) is 0. The third-order valence-electron chi connectivity index (χ3n) is 2.67. The van der Waals surface area contributed by atoms with Gasteiger partial charge in [0, 0.05) is 18.4 Å². The van der Waals surface area contributed by atoms with Gasteiger partial charge in [0.05, 0.1) is 18.5 Å².